The van der Waals surface area contributed by atoms with E-state index < -0.39 is 0 Å². The molecular weight excluding hydrogens is 244 g/mol. The van der Waals surface area contributed by atoms with Crippen LogP contribution >= 0.6 is 11.6 Å². The molecule has 1 aromatic carbocycles. The summed E-state index contributed by atoms with van der Waals surface area (Å²) in [5.41, 5.74) is 1.33. The SMILES string of the molecule is CCC(CCl)(CCC(C)(C)OC)c1ccccc1. The van der Waals surface area contributed by atoms with E-state index in [-0.39, 0.29) is 11.0 Å². The number of ether oxygens (including phenoxy) is 1. The molecule has 0 radical (unpaired) electrons. The molecule has 0 spiro atoms. The minimum Gasteiger partial charge on any atom is -0.379 e. The van der Waals surface area contributed by atoms with E-state index in [2.05, 4.69) is 51.1 Å². The van der Waals surface area contributed by atoms with Gasteiger partial charge in [0.1, 0.15) is 0 Å². The highest BCUT2D eigenvalue weighted by Gasteiger charge is 2.31. The van der Waals surface area contributed by atoms with Gasteiger partial charge in [0.05, 0.1) is 5.60 Å². The minimum atomic E-state index is -0.0821. The zero-order chi connectivity index (χ0) is 13.6. The molecule has 0 aliphatic heterocycles. The lowest BCUT2D eigenvalue weighted by molar-refractivity contribution is 0.00911. The number of methoxy groups -OCH3 is 1. The van der Waals surface area contributed by atoms with Crippen LogP contribution < -0.4 is 0 Å². The second kappa shape index (κ2) is 6.58. The molecule has 0 saturated heterocycles. The summed E-state index contributed by atoms with van der Waals surface area (Å²) in [6.45, 7) is 6.48. The summed E-state index contributed by atoms with van der Waals surface area (Å²) in [4.78, 5) is 0. The Hall–Kier alpha value is -0.530. The highest BCUT2D eigenvalue weighted by Crippen LogP contribution is 2.36. The first-order valence-electron chi connectivity index (χ1n) is 6.66. The van der Waals surface area contributed by atoms with E-state index in [9.17, 15) is 0 Å². The standard InChI is InChI=1S/C16H25ClO/c1-5-16(13-17,12-11-15(2,3)18-4)14-9-7-6-8-10-14/h6-10H,5,11-13H2,1-4H3. The van der Waals surface area contributed by atoms with Gasteiger partial charge in [0.15, 0.2) is 0 Å². The van der Waals surface area contributed by atoms with Crippen LogP contribution in [0.3, 0.4) is 0 Å². The molecule has 0 bridgehead atoms. The third-order valence-corrected chi connectivity index (χ3v) is 4.59. The molecule has 1 rings (SSSR count). The van der Waals surface area contributed by atoms with Gasteiger partial charge in [0.2, 0.25) is 0 Å². The van der Waals surface area contributed by atoms with Gasteiger partial charge in [-0.05, 0) is 38.7 Å². The van der Waals surface area contributed by atoms with Crippen molar-refractivity contribution in [3.63, 3.8) is 0 Å². The Bertz CT molecular complexity index is 341. The largest absolute Gasteiger partial charge is 0.379 e. The van der Waals surface area contributed by atoms with Crippen LogP contribution in [0.5, 0.6) is 0 Å². The normalized spacial score (nSPS) is 15.4. The average Bonchev–Trinajstić information content (AvgIpc) is 2.42. The zero-order valence-corrected chi connectivity index (χ0v) is 12.8. The molecule has 1 unspecified atom stereocenters. The van der Waals surface area contributed by atoms with Gasteiger partial charge in [0, 0.05) is 18.4 Å². The number of hydrogen-bond donors (Lipinski definition) is 0. The summed E-state index contributed by atoms with van der Waals surface area (Å²) in [5, 5.41) is 0. The van der Waals surface area contributed by atoms with Crippen LogP contribution in [-0.2, 0) is 10.2 Å². The Morgan fingerprint density at radius 1 is 1.11 bits per heavy atom. The van der Waals surface area contributed by atoms with Gasteiger partial charge in [-0.3, -0.25) is 0 Å². The van der Waals surface area contributed by atoms with Gasteiger partial charge >= 0.3 is 0 Å². The quantitative estimate of drug-likeness (QED) is 0.647. The molecule has 0 heterocycles. The first-order chi connectivity index (χ1) is 8.49. The molecule has 2 heteroatoms. The molecule has 0 fully saturated rings. The zero-order valence-electron chi connectivity index (χ0n) is 12.0. The summed E-state index contributed by atoms with van der Waals surface area (Å²) < 4.78 is 5.51. The topological polar surface area (TPSA) is 9.23 Å². The van der Waals surface area contributed by atoms with E-state index in [0.29, 0.717) is 5.88 Å². The minimum absolute atomic E-state index is 0.0681. The van der Waals surface area contributed by atoms with Crippen LogP contribution in [0.1, 0.15) is 45.6 Å². The van der Waals surface area contributed by atoms with Crippen molar-refractivity contribution in [2.45, 2.75) is 51.0 Å². The molecule has 0 saturated carbocycles. The van der Waals surface area contributed by atoms with Crippen LogP contribution in [0.15, 0.2) is 30.3 Å². The van der Waals surface area contributed by atoms with Crippen LogP contribution in [-0.4, -0.2) is 18.6 Å². The fourth-order valence-corrected chi connectivity index (χ4v) is 2.67. The molecule has 1 aromatic rings. The van der Waals surface area contributed by atoms with Crippen molar-refractivity contribution in [3.05, 3.63) is 35.9 Å². The first-order valence-corrected chi connectivity index (χ1v) is 7.20. The van der Waals surface area contributed by atoms with E-state index in [4.69, 9.17) is 16.3 Å². The number of halogens is 1. The van der Waals surface area contributed by atoms with Gasteiger partial charge in [-0.1, -0.05) is 37.3 Å². The number of hydrogen-bond acceptors (Lipinski definition) is 1. The van der Waals surface area contributed by atoms with Crippen LogP contribution in [0.4, 0.5) is 0 Å². The van der Waals surface area contributed by atoms with Crippen molar-refractivity contribution >= 4 is 11.6 Å². The Labute approximate surface area is 116 Å². The van der Waals surface area contributed by atoms with E-state index >= 15 is 0 Å². The maximum Gasteiger partial charge on any atom is 0.0623 e. The molecule has 0 aliphatic rings. The Balaban J connectivity index is 2.88. The number of benzene rings is 1. The lowest BCUT2D eigenvalue weighted by Crippen LogP contribution is -2.32. The third-order valence-electron chi connectivity index (χ3n) is 4.08. The smallest absolute Gasteiger partial charge is 0.0623 e. The second-order valence-corrected chi connectivity index (χ2v) is 5.86. The molecular formula is C16H25ClO. The first kappa shape index (κ1) is 15.5. The van der Waals surface area contributed by atoms with Crippen molar-refractivity contribution in [1.82, 2.24) is 0 Å². The molecule has 1 atom stereocenters. The maximum atomic E-state index is 6.29. The van der Waals surface area contributed by atoms with Gasteiger partial charge < -0.3 is 4.74 Å². The molecule has 0 aliphatic carbocycles. The fourth-order valence-electron chi connectivity index (χ4n) is 2.20. The van der Waals surface area contributed by atoms with Crippen LogP contribution in [0.2, 0.25) is 0 Å². The highest BCUT2D eigenvalue weighted by atomic mass is 35.5. The van der Waals surface area contributed by atoms with E-state index in [1.807, 2.05) is 0 Å². The lowest BCUT2D eigenvalue weighted by Gasteiger charge is -2.35. The van der Waals surface area contributed by atoms with Crippen molar-refractivity contribution in [3.8, 4) is 0 Å². The summed E-state index contributed by atoms with van der Waals surface area (Å²) in [6.07, 6.45) is 3.12. The highest BCUT2D eigenvalue weighted by molar-refractivity contribution is 6.18. The van der Waals surface area contributed by atoms with Crippen LogP contribution in [0.25, 0.3) is 0 Å². The predicted molar refractivity (Wildman–Crippen MR) is 79.5 cm³/mol. The van der Waals surface area contributed by atoms with Gasteiger partial charge in [-0.15, -0.1) is 11.6 Å². The van der Waals surface area contributed by atoms with Crippen LogP contribution in [0, 0.1) is 0 Å². The van der Waals surface area contributed by atoms with E-state index in [0.717, 1.165) is 19.3 Å². The molecule has 102 valence electrons. The Morgan fingerprint density at radius 3 is 2.17 bits per heavy atom. The summed E-state index contributed by atoms with van der Waals surface area (Å²) >= 11 is 6.29. The molecule has 0 N–H and O–H groups in total. The third kappa shape index (κ3) is 3.73. The van der Waals surface area contributed by atoms with Crippen molar-refractivity contribution in [2.24, 2.45) is 0 Å². The van der Waals surface area contributed by atoms with Gasteiger partial charge in [0.25, 0.3) is 0 Å². The summed E-state index contributed by atoms with van der Waals surface area (Å²) in [6, 6.07) is 10.6. The van der Waals surface area contributed by atoms with Crippen molar-refractivity contribution in [2.75, 3.05) is 13.0 Å². The van der Waals surface area contributed by atoms with E-state index in [1.54, 1.807) is 7.11 Å². The second-order valence-electron chi connectivity index (χ2n) is 5.60. The van der Waals surface area contributed by atoms with Gasteiger partial charge in [-0.25, -0.2) is 0 Å². The van der Waals surface area contributed by atoms with Gasteiger partial charge in [-0.2, -0.15) is 0 Å². The van der Waals surface area contributed by atoms with E-state index in [1.165, 1.54) is 5.56 Å². The van der Waals surface area contributed by atoms with Crippen molar-refractivity contribution in [1.29, 1.82) is 0 Å². The van der Waals surface area contributed by atoms with Crippen molar-refractivity contribution < 1.29 is 4.74 Å². The number of rotatable bonds is 7. The average molecular weight is 269 g/mol. The summed E-state index contributed by atoms with van der Waals surface area (Å²) in [7, 11) is 1.77. The summed E-state index contributed by atoms with van der Waals surface area (Å²) in [5.74, 6) is 0.660. The fraction of sp³-hybridized carbons (Fsp3) is 0.625. The molecule has 1 nitrogen and oxygen atoms in total. The number of alkyl halides is 1. The maximum absolute atomic E-state index is 6.29. The monoisotopic (exact) mass is 268 g/mol. The molecule has 0 aromatic heterocycles. The molecule has 0 amide bonds. The predicted octanol–water partition coefficient (Wildman–Crippen LogP) is 4.78. The Kier molecular flexibility index (Phi) is 5.68. The lowest BCUT2D eigenvalue weighted by atomic mass is 9.74. The molecule has 18 heavy (non-hydrogen) atoms. The Morgan fingerprint density at radius 2 is 1.72 bits per heavy atom.